The monoisotopic (exact) mass is 215 g/mol. The van der Waals surface area contributed by atoms with Crippen LogP contribution in [0.3, 0.4) is 0 Å². The van der Waals surface area contributed by atoms with E-state index in [1.54, 1.807) is 30.3 Å². The lowest BCUT2D eigenvalue weighted by Crippen LogP contribution is -2.22. The number of nitrogens with two attached hydrogens (primary N) is 1. The molecule has 1 atom stereocenters. The highest BCUT2D eigenvalue weighted by molar-refractivity contribution is 7.89. The third kappa shape index (κ3) is 2.80. The number of primary sulfonamides is 1. The highest BCUT2D eigenvalue weighted by Gasteiger charge is 2.22. The average molecular weight is 215 g/mol. The van der Waals surface area contributed by atoms with Crippen LogP contribution in [0.1, 0.15) is 17.2 Å². The molecular weight excluding hydrogens is 202 g/mol. The normalized spacial score (nSPS) is 13.9. The molecule has 1 rings (SSSR count). The van der Waals surface area contributed by atoms with Gasteiger partial charge >= 0.3 is 0 Å². The van der Waals surface area contributed by atoms with E-state index in [1.807, 2.05) is 0 Å². The van der Waals surface area contributed by atoms with Crippen molar-refractivity contribution in [1.29, 1.82) is 0 Å². The summed E-state index contributed by atoms with van der Waals surface area (Å²) in [5.41, 5.74) is 0.615. The number of aliphatic hydroxyl groups excluding tert-OH is 1. The van der Waals surface area contributed by atoms with Crippen molar-refractivity contribution in [1.82, 2.24) is 0 Å². The van der Waals surface area contributed by atoms with Gasteiger partial charge in [0.1, 0.15) is 5.25 Å². The maximum atomic E-state index is 11.2. The minimum Gasteiger partial charge on any atom is -0.396 e. The zero-order chi connectivity index (χ0) is 10.6. The van der Waals surface area contributed by atoms with Crippen LogP contribution in [0.15, 0.2) is 30.3 Å². The van der Waals surface area contributed by atoms with Crippen LogP contribution in [0.5, 0.6) is 0 Å². The van der Waals surface area contributed by atoms with Gasteiger partial charge in [0.15, 0.2) is 0 Å². The number of benzene rings is 1. The maximum absolute atomic E-state index is 11.2. The van der Waals surface area contributed by atoms with E-state index in [0.29, 0.717) is 5.56 Å². The van der Waals surface area contributed by atoms with E-state index in [0.717, 1.165) is 0 Å². The fraction of sp³-hybridized carbons (Fsp3) is 0.333. The van der Waals surface area contributed by atoms with E-state index in [2.05, 4.69) is 0 Å². The summed E-state index contributed by atoms with van der Waals surface area (Å²) in [5.74, 6) is 0. The predicted octanol–water partition coefficient (Wildman–Crippen LogP) is 0.399. The molecule has 0 aliphatic rings. The van der Waals surface area contributed by atoms with Crippen LogP contribution in [0, 0.1) is 0 Å². The Hall–Kier alpha value is -0.910. The Morgan fingerprint density at radius 2 is 1.86 bits per heavy atom. The molecule has 3 N–H and O–H groups in total. The van der Waals surface area contributed by atoms with Gasteiger partial charge in [-0.25, -0.2) is 13.6 Å². The second kappa shape index (κ2) is 4.54. The van der Waals surface area contributed by atoms with Crippen LogP contribution >= 0.6 is 0 Å². The lowest BCUT2D eigenvalue weighted by molar-refractivity contribution is 0.285. The van der Waals surface area contributed by atoms with Crippen LogP contribution in [0.2, 0.25) is 0 Å². The van der Waals surface area contributed by atoms with Crippen molar-refractivity contribution in [3.05, 3.63) is 35.9 Å². The molecule has 0 heterocycles. The molecule has 0 fully saturated rings. The molecule has 1 aromatic carbocycles. The summed E-state index contributed by atoms with van der Waals surface area (Å²) in [5, 5.41) is 13.0. The molecule has 0 amide bonds. The Kier molecular flexibility index (Phi) is 3.62. The van der Waals surface area contributed by atoms with Crippen molar-refractivity contribution in [2.24, 2.45) is 5.14 Å². The number of sulfonamides is 1. The van der Waals surface area contributed by atoms with Crippen molar-refractivity contribution >= 4 is 10.0 Å². The first kappa shape index (κ1) is 11.2. The molecule has 1 aromatic rings. The summed E-state index contributed by atoms with van der Waals surface area (Å²) in [4.78, 5) is 0. The van der Waals surface area contributed by atoms with Gasteiger partial charge in [-0.1, -0.05) is 30.3 Å². The summed E-state index contributed by atoms with van der Waals surface area (Å²) < 4.78 is 22.4. The molecule has 0 radical (unpaired) electrons. The van der Waals surface area contributed by atoms with Gasteiger partial charge in [-0.3, -0.25) is 0 Å². The molecule has 0 bridgehead atoms. The quantitative estimate of drug-likeness (QED) is 0.762. The van der Waals surface area contributed by atoms with Crippen LogP contribution in [0.25, 0.3) is 0 Å². The standard InChI is InChI=1S/C9H13NO3S/c10-14(12,13)9(6-7-11)8-4-2-1-3-5-8/h1-5,9,11H,6-7H2,(H2,10,12,13)/t9-/m1/s1. The Labute approximate surface area is 83.4 Å². The molecule has 0 saturated heterocycles. The first-order valence-corrected chi connectivity index (χ1v) is 5.84. The van der Waals surface area contributed by atoms with Gasteiger partial charge in [0.05, 0.1) is 0 Å². The molecule has 0 aliphatic heterocycles. The summed E-state index contributed by atoms with van der Waals surface area (Å²) in [6, 6.07) is 8.65. The zero-order valence-electron chi connectivity index (χ0n) is 7.63. The minimum absolute atomic E-state index is 0.128. The lowest BCUT2D eigenvalue weighted by Gasteiger charge is -2.13. The zero-order valence-corrected chi connectivity index (χ0v) is 8.44. The van der Waals surface area contributed by atoms with E-state index in [4.69, 9.17) is 10.2 Å². The second-order valence-electron chi connectivity index (χ2n) is 3.00. The maximum Gasteiger partial charge on any atom is 0.216 e. The predicted molar refractivity (Wildman–Crippen MR) is 54.0 cm³/mol. The van der Waals surface area contributed by atoms with Crippen LogP contribution in [-0.2, 0) is 10.0 Å². The molecule has 0 spiro atoms. The van der Waals surface area contributed by atoms with E-state index in [1.165, 1.54) is 0 Å². The molecule has 4 nitrogen and oxygen atoms in total. The Morgan fingerprint density at radius 3 is 2.29 bits per heavy atom. The Bertz CT molecular complexity index is 374. The Balaban J connectivity index is 3.02. The summed E-state index contributed by atoms with van der Waals surface area (Å²) in [7, 11) is -3.64. The van der Waals surface area contributed by atoms with Crippen molar-refractivity contribution in [2.75, 3.05) is 6.61 Å². The summed E-state index contributed by atoms with van der Waals surface area (Å²) >= 11 is 0. The topological polar surface area (TPSA) is 80.4 Å². The van der Waals surface area contributed by atoms with Gasteiger partial charge in [-0.05, 0) is 12.0 Å². The van der Waals surface area contributed by atoms with Crippen molar-refractivity contribution in [3.8, 4) is 0 Å². The van der Waals surface area contributed by atoms with Gasteiger partial charge in [-0.15, -0.1) is 0 Å². The minimum atomic E-state index is -3.64. The lowest BCUT2D eigenvalue weighted by atomic mass is 10.1. The van der Waals surface area contributed by atoms with Gasteiger partial charge < -0.3 is 5.11 Å². The smallest absolute Gasteiger partial charge is 0.216 e. The average Bonchev–Trinajstić information content (AvgIpc) is 2.14. The van der Waals surface area contributed by atoms with Crippen LogP contribution in [0.4, 0.5) is 0 Å². The molecule has 5 heteroatoms. The number of rotatable bonds is 4. The van der Waals surface area contributed by atoms with Crippen LogP contribution in [-0.4, -0.2) is 20.1 Å². The van der Waals surface area contributed by atoms with Gasteiger partial charge in [0.2, 0.25) is 10.0 Å². The molecule has 78 valence electrons. The van der Waals surface area contributed by atoms with Gasteiger partial charge in [0, 0.05) is 6.61 Å². The second-order valence-corrected chi connectivity index (χ2v) is 4.75. The van der Waals surface area contributed by atoms with Gasteiger partial charge in [0.25, 0.3) is 0 Å². The van der Waals surface area contributed by atoms with Crippen molar-refractivity contribution in [2.45, 2.75) is 11.7 Å². The molecule has 0 unspecified atom stereocenters. The highest BCUT2D eigenvalue weighted by atomic mass is 32.2. The fourth-order valence-electron chi connectivity index (χ4n) is 1.31. The SMILES string of the molecule is NS(=O)(=O)[C@H](CCO)c1ccccc1. The molecule has 14 heavy (non-hydrogen) atoms. The van der Waals surface area contributed by atoms with E-state index in [9.17, 15) is 8.42 Å². The first-order valence-electron chi connectivity index (χ1n) is 4.23. The molecule has 0 aliphatic carbocycles. The number of hydrogen-bond acceptors (Lipinski definition) is 3. The summed E-state index contributed by atoms with van der Waals surface area (Å²) in [6.45, 7) is -0.198. The van der Waals surface area contributed by atoms with E-state index < -0.39 is 15.3 Å². The number of hydrogen-bond donors (Lipinski definition) is 2. The molecule has 0 aromatic heterocycles. The Morgan fingerprint density at radius 1 is 1.29 bits per heavy atom. The molecular formula is C9H13NO3S. The van der Waals surface area contributed by atoms with Gasteiger partial charge in [-0.2, -0.15) is 0 Å². The molecule has 0 saturated carbocycles. The van der Waals surface area contributed by atoms with E-state index >= 15 is 0 Å². The van der Waals surface area contributed by atoms with Crippen molar-refractivity contribution in [3.63, 3.8) is 0 Å². The largest absolute Gasteiger partial charge is 0.396 e. The summed E-state index contributed by atoms with van der Waals surface area (Å²) in [6.07, 6.45) is 0.128. The first-order chi connectivity index (χ1) is 6.55. The van der Waals surface area contributed by atoms with Crippen molar-refractivity contribution < 1.29 is 13.5 Å². The fourth-order valence-corrected chi connectivity index (χ4v) is 2.28. The van der Waals surface area contributed by atoms with Crippen LogP contribution < -0.4 is 5.14 Å². The third-order valence-corrected chi connectivity index (χ3v) is 3.26. The van der Waals surface area contributed by atoms with E-state index in [-0.39, 0.29) is 13.0 Å². The number of aliphatic hydroxyl groups is 1. The third-order valence-electron chi connectivity index (χ3n) is 1.96. The highest BCUT2D eigenvalue weighted by Crippen LogP contribution is 2.22.